The predicted octanol–water partition coefficient (Wildman–Crippen LogP) is 1.51. The number of hydrogen-bond donors (Lipinski definition) is 0. The first kappa shape index (κ1) is 8.57. The van der Waals surface area contributed by atoms with Gasteiger partial charge in [-0.15, -0.1) is 0 Å². The van der Waals surface area contributed by atoms with Gasteiger partial charge in [0.05, 0.1) is 0 Å². The molecule has 1 atom stereocenters. The van der Waals surface area contributed by atoms with Gasteiger partial charge in [0.2, 0.25) is 5.91 Å². The first-order valence-corrected chi connectivity index (χ1v) is 4.36. The molecule has 0 aromatic rings. The molecule has 1 heterocycles. The summed E-state index contributed by atoms with van der Waals surface area (Å²) in [6, 6.07) is 0. The van der Waals surface area contributed by atoms with Gasteiger partial charge < -0.3 is 4.90 Å². The van der Waals surface area contributed by atoms with Crippen LogP contribution in [0, 0.1) is 11.8 Å². The zero-order valence-corrected chi connectivity index (χ0v) is 7.63. The molecular weight excluding hydrogens is 138 g/mol. The van der Waals surface area contributed by atoms with E-state index in [9.17, 15) is 4.79 Å². The van der Waals surface area contributed by atoms with Gasteiger partial charge in [-0.2, -0.15) is 0 Å². The molecule has 1 rings (SSSR count). The van der Waals surface area contributed by atoms with E-state index >= 15 is 0 Å². The highest BCUT2D eigenvalue weighted by Crippen LogP contribution is 2.23. The summed E-state index contributed by atoms with van der Waals surface area (Å²) in [6.07, 6.45) is 2.12. The molecule has 64 valence electrons. The number of nitrogens with zero attached hydrogens (tertiary/aromatic N) is 1. The van der Waals surface area contributed by atoms with E-state index in [0.717, 1.165) is 19.4 Å². The Labute approximate surface area is 68.6 Å². The molecule has 0 N–H and O–H groups in total. The van der Waals surface area contributed by atoms with Crippen LogP contribution in [0.3, 0.4) is 0 Å². The van der Waals surface area contributed by atoms with Gasteiger partial charge in [-0.25, -0.2) is 0 Å². The number of rotatable bonds is 2. The lowest BCUT2D eigenvalue weighted by molar-refractivity contribution is -0.130. The van der Waals surface area contributed by atoms with Crippen molar-refractivity contribution < 1.29 is 4.79 Å². The maximum atomic E-state index is 11.4. The highest BCUT2D eigenvalue weighted by atomic mass is 16.2. The molecule has 11 heavy (non-hydrogen) atoms. The Hall–Kier alpha value is -0.530. The average Bonchev–Trinajstić information content (AvgIpc) is 2.18. The van der Waals surface area contributed by atoms with E-state index in [-0.39, 0.29) is 0 Å². The van der Waals surface area contributed by atoms with Gasteiger partial charge in [0.15, 0.2) is 0 Å². The third-order valence-electron chi connectivity index (χ3n) is 2.29. The minimum Gasteiger partial charge on any atom is -0.345 e. The number of carbonyl (C=O) groups is 1. The summed E-state index contributed by atoms with van der Waals surface area (Å²) in [5, 5.41) is 0. The number of likely N-dealkylation sites (tertiary alicyclic amines) is 1. The first-order valence-electron chi connectivity index (χ1n) is 4.36. The SMILES string of the molecule is CC(C)CC1CCN(C)C1=O. The van der Waals surface area contributed by atoms with E-state index < -0.39 is 0 Å². The highest BCUT2D eigenvalue weighted by molar-refractivity contribution is 5.80. The first-order chi connectivity index (χ1) is 5.11. The topological polar surface area (TPSA) is 20.3 Å². The van der Waals surface area contributed by atoms with Crippen LogP contribution in [-0.4, -0.2) is 24.4 Å². The average molecular weight is 155 g/mol. The van der Waals surface area contributed by atoms with Gasteiger partial charge in [-0.05, 0) is 18.8 Å². The number of carbonyl (C=O) groups excluding carboxylic acids is 1. The smallest absolute Gasteiger partial charge is 0.225 e. The number of amides is 1. The van der Waals surface area contributed by atoms with Crippen molar-refractivity contribution >= 4 is 5.91 Å². The summed E-state index contributed by atoms with van der Waals surface area (Å²) in [6.45, 7) is 5.30. The fraction of sp³-hybridized carbons (Fsp3) is 0.889. The monoisotopic (exact) mass is 155 g/mol. The molecule has 0 aromatic carbocycles. The van der Waals surface area contributed by atoms with Crippen molar-refractivity contribution in [2.24, 2.45) is 11.8 Å². The fourth-order valence-electron chi connectivity index (χ4n) is 1.68. The quantitative estimate of drug-likeness (QED) is 0.592. The van der Waals surface area contributed by atoms with Gasteiger partial charge in [0.25, 0.3) is 0 Å². The van der Waals surface area contributed by atoms with Crippen molar-refractivity contribution in [3.05, 3.63) is 0 Å². The second-order valence-corrected chi connectivity index (χ2v) is 3.87. The van der Waals surface area contributed by atoms with Crippen LogP contribution in [-0.2, 0) is 4.79 Å². The number of hydrogen-bond acceptors (Lipinski definition) is 1. The Kier molecular flexibility index (Phi) is 2.53. The zero-order valence-electron chi connectivity index (χ0n) is 7.63. The fourth-order valence-corrected chi connectivity index (χ4v) is 1.68. The standard InChI is InChI=1S/C9H17NO/c1-7(2)6-8-4-5-10(3)9(8)11/h7-8H,4-6H2,1-3H3. The lowest BCUT2D eigenvalue weighted by Gasteiger charge is -2.11. The molecule has 1 fully saturated rings. The Balaban J connectivity index is 2.42. The van der Waals surface area contributed by atoms with Crippen LogP contribution in [0.5, 0.6) is 0 Å². The maximum Gasteiger partial charge on any atom is 0.225 e. The molecule has 1 amide bonds. The van der Waals surface area contributed by atoms with E-state index in [4.69, 9.17) is 0 Å². The molecule has 0 spiro atoms. The molecule has 0 saturated carbocycles. The molecule has 2 nitrogen and oxygen atoms in total. The Morgan fingerprint density at radius 2 is 2.27 bits per heavy atom. The molecule has 1 aliphatic heterocycles. The largest absolute Gasteiger partial charge is 0.345 e. The molecule has 0 bridgehead atoms. The van der Waals surface area contributed by atoms with Crippen LogP contribution in [0.4, 0.5) is 0 Å². The lowest BCUT2D eigenvalue weighted by atomic mass is 9.96. The Morgan fingerprint density at radius 1 is 1.64 bits per heavy atom. The van der Waals surface area contributed by atoms with E-state index in [1.54, 1.807) is 0 Å². The van der Waals surface area contributed by atoms with Crippen molar-refractivity contribution in [3.8, 4) is 0 Å². The summed E-state index contributed by atoms with van der Waals surface area (Å²) < 4.78 is 0. The van der Waals surface area contributed by atoms with Gasteiger partial charge >= 0.3 is 0 Å². The van der Waals surface area contributed by atoms with Gasteiger partial charge in [-0.3, -0.25) is 4.79 Å². The van der Waals surface area contributed by atoms with Crippen molar-refractivity contribution in [1.29, 1.82) is 0 Å². The summed E-state index contributed by atoms with van der Waals surface area (Å²) in [7, 11) is 1.89. The van der Waals surface area contributed by atoms with Crippen molar-refractivity contribution in [2.45, 2.75) is 26.7 Å². The van der Waals surface area contributed by atoms with Crippen molar-refractivity contribution in [3.63, 3.8) is 0 Å². The normalized spacial score (nSPS) is 25.3. The second-order valence-electron chi connectivity index (χ2n) is 3.87. The predicted molar refractivity (Wildman–Crippen MR) is 45.2 cm³/mol. The Bertz CT molecular complexity index is 154. The molecular formula is C9H17NO. The van der Waals surface area contributed by atoms with E-state index in [1.807, 2.05) is 11.9 Å². The van der Waals surface area contributed by atoms with Gasteiger partial charge in [-0.1, -0.05) is 13.8 Å². The summed E-state index contributed by atoms with van der Waals surface area (Å²) in [5.41, 5.74) is 0. The third kappa shape index (κ3) is 1.95. The summed E-state index contributed by atoms with van der Waals surface area (Å²) in [4.78, 5) is 13.2. The summed E-state index contributed by atoms with van der Waals surface area (Å²) in [5.74, 6) is 1.31. The van der Waals surface area contributed by atoms with Crippen LogP contribution >= 0.6 is 0 Å². The summed E-state index contributed by atoms with van der Waals surface area (Å²) >= 11 is 0. The van der Waals surface area contributed by atoms with Crippen LogP contribution in [0.25, 0.3) is 0 Å². The van der Waals surface area contributed by atoms with E-state index in [2.05, 4.69) is 13.8 Å². The molecule has 0 aliphatic carbocycles. The van der Waals surface area contributed by atoms with Gasteiger partial charge in [0.1, 0.15) is 0 Å². The van der Waals surface area contributed by atoms with Gasteiger partial charge in [0, 0.05) is 19.5 Å². The minimum atomic E-state index is 0.319. The molecule has 1 aliphatic rings. The highest BCUT2D eigenvalue weighted by Gasteiger charge is 2.28. The van der Waals surface area contributed by atoms with E-state index in [1.165, 1.54) is 0 Å². The van der Waals surface area contributed by atoms with Crippen LogP contribution in [0.2, 0.25) is 0 Å². The molecule has 0 radical (unpaired) electrons. The molecule has 1 unspecified atom stereocenters. The maximum absolute atomic E-state index is 11.4. The van der Waals surface area contributed by atoms with E-state index in [0.29, 0.717) is 17.7 Å². The Morgan fingerprint density at radius 3 is 2.64 bits per heavy atom. The zero-order chi connectivity index (χ0) is 8.43. The minimum absolute atomic E-state index is 0.319. The molecule has 0 aromatic heterocycles. The lowest BCUT2D eigenvalue weighted by Crippen LogP contribution is -2.23. The van der Waals surface area contributed by atoms with Crippen LogP contribution < -0.4 is 0 Å². The molecule has 1 saturated heterocycles. The third-order valence-corrected chi connectivity index (χ3v) is 2.29. The molecule has 2 heteroatoms. The van der Waals surface area contributed by atoms with Crippen LogP contribution in [0.15, 0.2) is 0 Å². The van der Waals surface area contributed by atoms with Crippen molar-refractivity contribution in [2.75, 3.05) is 13.6 Å². The van der Waals surface area contributed by atoms with Crippen molar-refractivity contribution in [1.82, 2.24) is 4.90 Å². The van der Waals surface area contributed by atoms with Crippen LogP contribution in [0.1, 0.15) is 26.7 Å². The second kappa shape index (κ2) is 3.24.